The van der Waals surface area contributed by atoms with Crippen LogP contribution in [0.4, 0.5) is 14.5 Å². The molecule has 1 aliphatic rings. The molecule has 0 amide bonds. The van der Waals surface area contributed by atoms with Crippen LogP contribution in [0.15, 0.2) is 18.2 Å². The fraction of sp³-hybridized carbons (Fsp3) is 0.455. The molecule has 0 atom stereocenters. The summed E-state index contributed by atoms with van der Waals surface area (Å²) in [6, 6.07) is 3.30. The molecule has 1 fully saturated rings. The molecule has 0 aromatic heterocycles. The van der Waals surface area contributed by atoms with E-state index in [-0.39, 0.29) is 17.7 Å². The van der Waals surface area contributed by atoms with E-state index in [1.54, 1.807) is 0 Å². The zero-order valence-corrected chi connectivity index (χ0v) is 8.26. The van der Waals surface area contributed by atoms with Gasteiger partial charge < -0.3 is 10.4 Å². The van der Waals surface area contributed by atoms with Gasteiger partial charge in [-0.25, -0.2) is 8.78 Å². The second-order valence-corrected chi connectivity index (χ2v) is 4.14. The van der Waals surface area contributed by atoms with Crippen molar-refractivity contribution in [3.8, 4) is 0 Å². The highest BCUT2D eigenvalue weighted by atomic mass is 19.1. The van der Waals surface area contributed by atoms with Gasteiger partial charge in [-0.05, 0) is 31.0 Å². The molecule has 0 saturated heterocycles. The van der Waals surface area contributed by atoms with Crippen molar-refractivity contribution >= 4 is 5.69 Å². The number of nitrogens with one attached hydrogen (secondary N) is 1. The molecule has 1 aromatic rings. The van der Waals surface area contributed by atoms with E-state index in [2.05, 4.69) is 5.32 Å². The average Bonchev–Trinajstić information content (AvgIpc) is 3.00. The van der Waals surface area contributed by atoms with Crippen LogP contribution < -0.4 is 5.32 Å². The molecule has 15 heavy (non-hydrogen) atoms. The average molecular weight is 213 g/mol. The predicted molar refractivity (Wildman–Crippen MR) is 53.6 cm³/mol. The minimum absolute atomic E-state index is 0.0942. The van der Waals surface area contributed by atoms with Crippen LogP contribution >= 0.6 is 0 Å². The summed E-state index contributed by atoms with van der Waals surface area (Å²) in [6.07, 6.45) is 1.88. The summed E-state index contributed by atoms with van der Waals surface area (Å²) in [4.78, 5) is 0. The maximum absolute atomic E-state index is 13.2. The van der Waals surface area contributed by atoms with Crippen molar-refractivity contribution in [2.75, 3.05) is 18.5 Å². The van der Waals surface area contributed by atoms with Crippen molar-refractivity contribution in [1.82, 2.24) is 0 Å². The van der Waals surface area contributed by atoms with Crippen molar-refractivity contribution in [2.24, 2.45) is 5.41 Å². The lowest BCUT2D eigenvalue weighted by molar-refractivity contribution is 0.219. The summed E-state index contributed by atoms with van der Waals surface area (Å²) in [5.74, 6) is -0.933. The van der Waals surface area contributed by atoms with Crippen molar-refractivity contribution in [3.05, 3.63) is 29.8 Å². The predicted octanol–water partition coefficient (Wildman–Crippen LogP) is 2.15. The summed E-state index contributed by atoms with van der Waals surface area (Å²) in [6.45, 7) is 0.584. The van der Waals surface area contributed by atoms with Crippen molar-refractivity contribution in [2.45, 2.75) is 12.8 Å². The Morgan fingerprint density at radius 2 is 2.07 bits per heavy atom. The van der Waals surface area contributed by atoms with Gasteiger partial charge in [-0.15, -0.1) is 0 Å². The second-order valence-electron chi connectivity index (χ2n) is 4.14. The largest absolute Gasteiger partial charge is 0.396 e. The van der Waals surface area contributed by atoms with E-state index in [0.29, 0.717) is 6.54 Å². The Hall–Kier alpha value is -1.16. The zero-order valence-electron chi connectivity index (χ0n) is 8.26. The number of anilines is 1. The first-order chi connectivity index (χ1) is 7.15. The highest BCUT2D eigenvalue weighted by Crippen LogP contribution is 2.45. The summed E-state index contributed by atoms with van der Waals surface area (Å²) < 4.78 is 26.0. The first-order valence-corrected chi connectivity index (χ1v) is 4.95. The van der Waals surface area contributed by atoms with Gasteiger partial charge >= 0.3 is 0 Å². The standard InChI is InChI=1S/C11H13F2NO/c12-8-1-2-9(13)10(5-8)14-6-11(7-15)3-4-11/h1-2,5,14-15H,3-4,6-7H2. The Bertz CT molecular complexity index is 364. The molecule has 2 nitrogen and oxygen atoms in total. The third-order valence-corrected chi connectivity index (χ3v) is 2.87. The topological polar surface area (TPSA) is 32.3 Å². The number of aliphatic hydroxyl groups is 1. The number of hydrogen-bond acceptors (Lipinski definition) is 2. The number of hydrogen-bond donors (Lipinski definition) is 2. The van der Waals surface area contributed by atoms with E-state index in [4.69, 9.17) is 5.11 Å². The summed E-state index contributed by atoms with van der Waals surface area (Å²) >= 11 is 0. The van der Waals surface area contributed by atoms with Crippen LogP contribution in [0.5, 0.6) is 0 Å². The van der Waals surface area contributed by atoms with E-state index in [1.807, 2.05) is 0 Å². The molecular formula is C11H13F2NO. The van der Waals surface area contributed by atoms with Crippen LogP contribution in [0.25, 0.3) is 0 Å². The van der Waals surface area contributed by atoms with Crippen LogP contribution in [0.1, 0.15) is 12.8 Å². The minimum atomic E-state index is -0.467. The fourth-order valence-electron chi connectivity index (χ4n) is 1.48. The van der Waals surface area contributed by atoms with Gasteiger partial charge in [0.1, 0.15) is 11.6 Å². The summed E-state index contributed by atoms with van der Waals surface area (Å²) in [5.41, 5.74) is 0.0494. The van der Waals surface area contributed by atoms with E-state index in [1.165, 1.54) is 0 Å². The third kappa shape index (κ3) is 2.26. The molecule has 1 saturated carbocycles. The molecule has 4 heteroatoms. The Kier molecular flexibility index (Phi) is 2.61. The molecule has 2 rings (SSSR count). The van der Waals surface area contributed by atoms with Gasteiger partial charge in [0.25, 0.3) is 0 Å². The molecule has 2 N–H and O–H groups in total. The monoisotopic (exact) mass is 213 g/mol. The Morgan fingerprint density at radius 3 is 2.67 bits per heavy atom. The van der Waals surface area contributed by atoms with Crippen molar-refractivity contribution in [1.29, 1.82) is 0 Å². The highest BCUT2D eigenvalue weighted by molar-refractivity contribution is 5.45. The number of aliphatic hydroxyl groups excluding tert-OH is 1. The Morgan fingerprint density at radius 1 is 1.33 bits per heavy atom. The number of halogens is 2. The maximum atomic E-state index is 13.2. The molecule has 0 spiro atoms. The molecule has 0 radical (unpaired) electrons. The number of benzene rings is 1. The third-order valence-electron chi connectivity index (χ3n) is 2.87. The van der Waals surface area contributed by atoms with Crippen molar-refractivity contribution < 1.29 is 13.9 Å². The highest BCUT2D eigenvalue weighted by Gasteiger charge is 2.41. The zero-order chi connectivity index (χ0) is 10.9. The minimum Gasteiger partial charge on any atom is -0.396 e. The molecule has 1 aliphatic carbocycles. The van der Waals surface area contributed by atoms with Gasteiger partial charge in [0.2, 0.25) is 0 Å². The van der Waals surface area contributed by atoms with Crippen LogP contribution in [0.3, 0.4) is 0 Å². The van der Waals surface area contributed by atoms with Gasteiger partial charge in [0, 0.05) is 12.0 Å². The van der Waals surface area contributed by atoms with E-state index >= 15 is 0 Å². The van der Waals surface area contributed by atoms with Crippen LogP contribution in [0, 0.1) is 17.0 Å². The first-order valence-electron chi connectivity index (χ1n) is 4.95. The maximum Gasteiger partial charge on any atom is 0.146 e. The van der Waals surface area contributed by atoms with Crippen LogP contribution in [0.2, 0.25) is 0 Å². The normalized spacial score (nSPS) is 17.5. The Labute approximate surface area is 86.9 Å². The lowest BCUT2D eigenvalue weighted by atomic mass is 10.1. The van der Waals surface area contributed by atoms with Gasteiger partial charge in [-0.2, -0.15) is 0 Å². The molecule has 0 unspecified atom stereocenters. The smallest absolute Gasteiger partial charge is 0.146 e. The molecule has 0 aliphatic heterocycles. The van der Waals surface area contributed by atoms with Crippen LogP contribution in [-0.2, 0) is 0 Å². The SMILES string of the molecule is OCC1(CNc2cc(F)ccc2F)CC1. The van der Waals surface area contributed by atoms with Gasteiger partial charge in [0.15, 0.2) is 0 Å². The first kappa shape index (κ1) is 10.4. The lowest BCUT2D eigenvalue weighted by Crippen LogP contribution is -2.19. The lowest BCUT2D eigenvalue weighted by Gasteiger charge is -2.14. The summed E-state index contributed by atoms with van der Waals surface area (Å²) in [5, 5.41) is 11.9. The van der Waals surface area contributed by atoms with E-state index in [9.17, 15) is 8.78 Å². The van der Waals surface area contributed by atoms with Gasteiger partial charge in [-0.3, -0.25) is 0 Å². The fourth-order valence-corrected chi connectivity index (χ4v) is 1.48. The quantitative estimate of drug-likeness (QED) is 0.803. The van der Waals surface area contributed by atoms with E-state index < -0.39 is 11.6 Å². The van der Waals surface area contributed by atoms with Crippen molar-refractivity contribution in [3.63, 3.8) is 0 Å². The number of rotatable bonds is 4. The van der Waals surface area contributed by atoms with Crippen LogP contribution in [-0.4, -0.2) is 18.3 Å². The van der Waals surface area contributed by atoms with Gasteiger partial charge in [0.05, 0.1) is 12.3 Å². The molecule has 0 heterocycles. The second kappa shape index (κ2) is 3.77. The van der Waals surface area contributed by atoms with E-state index in [0.717, 1.165) is 31.0 Å². The van der Waals surface area contributed by atoms with Gasteiger partial charge in [-0.1, -0.05) is 0 Å². The Balaban J connectivity index is 2.01. The molecule has 0 bridgehead atoms. The molecule has 1 aromatic carbocycles. The molecule has 82 valence electrons. The molecular weight excluding hydrogens is 200 g/mol. The summed E-state index contributed by atoms with van der Waals surface area (Å²) in [7, 11) is 0.